The van der Waals surface area contributed by atoms with E-state index >= 15 is 0 Å². The highest BCUT2D eigenvalue weighted by atomic mass is 14.9. The first-order valence-corrected chi connectivity index (χ1v) is 7.54. The van der Waals surface area contributed by atoms with E-state index < -0.39 is 0 Å². The van der Waals surface area contributed by atoms with E-state index in [9.17, 15) is 0 Å². The Hall–Kier alpha value is -0.960. The van der Waals surface area contributed by atoms with Gasteiger partial charge >= 0.3 is 0 Å². The molecule has 0 aliphatic rings. The molecule has 0 radical (unpaired) electrons. The molecule has 0 fully saturated rings. The molecular formula is C16H29N3. The molecule has 0 aromatic carbocycles. The summed E-state index contributed by atoms with van der Waals surface area (Å²) in [4.78, 5) is 9.41. The highest BCUT2D eigenvalue weighted by Crippen LogP contribution is 2.20. The lowest BCUT2D eigenvalue weighted by atomic mass is 9.98. The number of aromatic nitrogens is 2. The molecule has 0 saturated heterocycles. The van der Waals surface area contributed by atoms with Crippen LogP contribution in [0.1, 0.15) is 62.8 Å². The van der Waals surface area contributed by atoms with Crippen LogP contribution in [0.2, 0.25) is 0 Å². The predicted octanol–water partition coefficient (Wildman–Crippen LogP) is 3.40. The van der Waals surface area contributed by atoms with Gasteiger partial charge in [0.25, 0.3) is 0 Å². The van der Waals surface area contributed by atoms with Crippen molar-refractivity contribution in [3.05, 3.63) is 22.8 Å². The zero-order valence-corrected chi connectivity index (χ0v) is 13.4. The lowest BCUT2D eigenvalue weighted by Gasteiger charge is -2.17. The van der Waals surface area contributed by atoms with Crippen molar-refractivity contribution in [3.8, 4) is 0 Å². The Labute approximate surface area is 118 Å². The van der Waals surface area contributed by atoms with Crippen LogP contribution in [-0.2, 0) is 6.42 Å². The Morgan fingerprint density at radius 1 is 1.05 bits per heavy atom. The second-order valence-electron chi connectivity index (χ2n) is 5.66. The van der Waals surface area contributed by atoms with Gasteiger partial charge in [-0.1, -0.05) is 27.7 Å². The quantitative estimate of drug-likeness (QED) is 0.819. The summed E-state index contributed by atoms with van der Waals surface area (Å²) in [5.74, 6) is 2.07. The molecule has 1 aromatic rings. The standard InChI is InChI=1S/C16H29N3/c1-7-12(4)16-18-13(5)15(14(6)19-16)9-11(3)10-17-8-2/h11-12,17H,7-10H2,1-6H3. The minimum Gasteiger partial charge on any atom is -0.317 e. The molecule has 19 heavy (non-hydrogen) atoms. The van der Waals surface area contributed by atoms with Crippen LogP contribution in [0.25, 0.3) is 0 Å². The monoisotopic (exact) mass is 263 g/mol. The maximum Gasteiger partial charge on any atom is 0.131 e. The molecule has 2 atom stereocenters. The molecule has 0 aliphatic carbocycles. The third-order valence-corrected chi connectivity index (χ3v) is 3.79. The smallest absolute Gasteiger partial charge is 0.131 e. The Bertz CT molecular complexity index is 378. The van der Waals surface area contributed by atoms with Gasteiger partial charge in [-0.2, -0.15) is 0 Å². The summed E-state index contributed by atoms with van der Waals surface area (Å²) in [6, 6.07) is 0. The highest BCUT2D eigenvalue weighted by molar-refractivity contribution is 5.25. The van der Waals surface area contributed by atoms with Crippen LogP contribution >= 0.6 is 0 Å². The minimum absolute atomic E-state index is 0.450. The topological polar surface area (TPSA) is 37.8 Å². The summed E-state index contributed by atoms with van der Waals surface area (Å²) in [7, 11) is 0. The van der Waals surface area contributed by atoms with Gasteiger partial charge in [-0.15, -0.1) is 0 Å². The molecule has 3 nitrogen and oxygen atoms in total. The van der Waals surface area contributed by atoms with Crippen molar-refractivity contribution in [2.24, 2.45) is 5.92 Å². The number of nitrogens with one attached hydrogen (secondary N) is 1. The zero-order chi connectivity index (χ0) is 14.4. The van der Waals surface area contributed by atoms with Gasteiger partial charge in [0.2, 0.25) is 0 Å². The van der Waals surface area contributed by atoms with Gasteiger partial charge in [-0.25, -0.2) is 9.97 Å². The molecule has 2 unspecified atom stereocenters. The summed E-state index contributed by atoms with van der Waals surface area (Å²) < 4.78 is 0. The fourth-order valence-electron chi connectivity index (χ4n) is 2.28. The highest BCUT2D eigenvalue weighted by Gasteiger charge is 2.14. The molecule has 1 heterocycles. The molecule has 3 heteroatoms. The average Bonchev–Trinajstić information content (AvgIpc) is 2.39. The molecule has 0 saturated carbocycles. The van der Waals surface area contributed by atoms with Gasteiger partial charge in [-0.3, -0.25) is 0 Å². The number of rotatable bonds is 7. The van der Waals surface area contributed by atoms with Gasteiger partial charge in [-0.05, 0) is 51.3 Å². The maximum absolute atomic E-state index is 4.71. The van der Waals surface area contributed by atoms with Crippen LogP contribution in [-0.4, -0.2) is 23.1 Å². The van der Waals surface area contributed by atoms with Crippen LogP contribution in [0.3, 0.4) is 0 Å². The molecular weight excluding hydrogens is 234 g/mol. The molecule has 0 amide bonds. The fourth-order valence-corrected chi connectivity index (χ4v) is 2.28. The van der Waals surface area contributed by atoms with Crippen LogP contribution in [0.15, 0.2) is 0 Å². The van der Waals surface area contributed by atoms with Gasteiger partial charge in [0.05, 0.1) is 0 Å². The van der Waals surface area contributed by atoms with Gasteiger partial charge in [0.1, 0.15) is 5.82 Å². The third-order valence-electron chi connectivity index (χ3n) is 3.79. The molecule has 0 spiro atoms. The number of nitrogens with zero attached hydrogens (tertiary/aromatic N) is 2. The lowest BCUT2D eigenvalue weighted by molar-refractivity contribution is 0.516. The van der Waals surface area contributed by atoms with E-state index in [1.54, 1.807) is 0 Å². The summed E-state index contributed by atoms with van der Waals surface area (Å²) in [5, 5.41) is 3.41. The predicted molar refractivity (Wildman–Crippen MR) is 81.6 cm³/mol. The van der Waals surface area contributed by atoms with E-state index in [0.29, 0.717) is 11.8 Å². The maximum atomic E-state index is 4.71. The Morgan fingerprint density at radius 2 is 1.63 bits per heavy atom. The Morgan fingerprint density at radius 3 is 2.11 bits per heavy atom. The molecule has 0 aliphatic heterocycles. The third kappa shape index (κ3) is 4.57. The molecule has 1 N–H and O–H groups in total. The van der Waals surface area contributed by atoms with E-state index in [-0.39, 0.29) is 0 Å². The van der Waals surface area contributed by atoms with Gasteiger partial charge in [0.15, 0.2) is 0 Å². The molecule has 0 bridgehead atoms. The first-order valence-electron chi connectivity index (χ1n) is 7.54. The largest absolute Gasteiger partial charge is 0.317 e. The van der Waals surface area contributed by atoms with E-state index in [0.717, 1.165) is 43.1 Å². The lowest BCUT2D eigenvalue weighted by Crippen LogP contribution is -2.23. The number of hydrogen-bond acceptors (Lipinski definition) is 3. The summed E-state index contributed by atoms with van der Waals surface area (Å²) in [6.45, 7) is 15.1. The second-order valence-corrected chi connectivity index (χ2v) is 5.66. The molecule has 1 rings (SSSR count). The van der Waals surface area contributed by atoms with Crippen molar-refractivity contribution >= 4 is 0 Å². The van der Waals surface area contributed by atoms with Crippen LogP contribution in [0.4, 0.5) is 0 Å². The van der Waals surface area contributed by atoms with E-state index in [2.05, 4.69) is 46.9 Å². The number of aryl methyl sites for hydroxylation is 2. The van der Waals surface area contributed by atoms with Crippen LogP contribution in [0.5, 0.6) is 0 Å². The minimum atomic E-state index is 0.450. The van der Waals surface area contributed by atoms with E-state index in [1.165, 1.54) is 5.56 Å². The van der Waals surface area contributed by atoms with Crippen LogP contribution < -0.4 is 5.32 Å². The van der Waals surface area contributed by atoms with E-state index in [4.69, 9.17) is 9.97 Å². The van der Waals surface area contributed by atoms with Crippen molar-refractivity contribution in [3.63, 3.8) is 0 Å². The molecule has 1 aromatic heterocycles. The fraction of sp³-hybridized carbons (Fsp3) is 0.750. The van der Waals surface area contributed by atoms with Crippen molar-refractivity contribution < 1.29 is 0 Å². The van der Waals surface area contributed by atoms with Crippen LogP contribution in [0, 0.1) is 19.8 Å². The number of hydrogen-bond donors (Lipinski definition) is 1. The molecule has 108 valence electrons. The summed E-state index contributed by atoms with van der Waals surface area (Å²) in [5.41, 5.74) is 3.65. The van der Waals surface area contributed by atoms with Gasteiger partial charge < -0.3 is 5.32 Å². The Kier molecular flexibility index (Phi) is 6.43. The average molecular weight is 263 g/mol. The van der Waals surface area contributed by atoms with Crippen molar-refractivity contribution in [2.75, 3.05) is 13.1 Å². The summed E-state index contributed by atoms with van der Waals surface area (Å²) in [6.07, 6.45) is 2.15. The van der Waals surface area contributed by atoms with Crippen molar-refractivity contribution in [1.82, 2.24) is 15.3 Å². The first-order chi connectivity index (χ1) is 8.99. The second kappa shape index (κ2) is 7.59. The first kappa shape index (κ1) is 16.1. The van der Waals surface area contributed by atoms with Gasteiger partial charge in [0, 0.05) is 17.3 Å². The van der Waals surface area contributed by atoms with Crippen molar-refractivity contribution in [1.29, 1.82) is 0 Å². The normalized spacial score (nSPS) is 14.4. The zero-order valence-electron chi connectivity index (χ0n) is 13.4. The van der Waals surface area contributed by atoms with Crippen molar-refractivity contribution in [2.45, 2.75) is 60.3 Å². The SMILES string of the molecule is CCNCC(C)Cc1c(C)nc(C(C)CC)nc1C. The van der Waals surface area contributed by atoms with E-state index in [1.807, 2.05) is 0 Å². The Balaban J connectivity index is 2.85. The summed E-state index contributed by atoms with van der Waals surface area (Å²) >= 11 is 0.